The molecule has 2 aromatic carbocycles. The van der Waals surface area contributed by atoms with Crippen LogP contribution in [0.2, 0.25) is 0 Å². The Bertz CT molecular complexity index is 1260. The zero-order chi connectivity index (χ0) is 24.4. The standard InChI is InChI=1S/C27H26FNO5/c1-4-33-21-12-8-19(15-16(21)2)25(30)23-24(22-11-5-17(3)34-22)29(27(32)26(23)31)14-13-18-6-9-20(28)10-7-18/h5-12,15,24,30H,4,13-14H2,1-3H3/b25-23-. The lowest BCUT2D eigenvalue weighted by atomic mass is 9.98. The number of likely N-dealkylation sites (tertiary alicyclic amines) is 1. The smallest absolute Gasteiger partial charge is 0.295 e. The number of aryl methyl sites for hydroxylation is 2. The first-order valence-corrected chi connectivity index (χ1v) is 11.1. The van der Waals surface area contributed by atoms with Gasteiger partial charge in [0, 0.05) is 12.1 Å². The number of furan rings is 1. The topological polar surface area (TPSA) is 80.0 Å². The van der Waals surface area contributed by atoms with Gasteiger partial charge in [0.25, 0.3) is 11.7 Å². The third-order valence-electron chi connectivity index (χ3n) is 5.87. The van der Waals surface area contributed by atoms with Crippen molar-refractivity contribution in [2.45, 2.75) is 33.2 Å². The molecule has 34 heavy (non-hydrogen) atoms. The zero-order valence-electron chi connectivity index (χ0n) is 19.3. The number of Topliss-reactive ketones (excluding diaryl/α,β-unsaturated/α-hetero) is 1. The lowest BCUT2D eigenvalue weighted by Crippen LogP contribution is -2.31. The normalized spacial score (nSPS) is 17.4. The number of rotatable bonds is 7. The number of aliphatic hydroxyl groups excluding tert-OH is 1. The second kappa shape index (κ2) is 9.55. The lowest BCUT2D eigenvalue weighted by Gasteiger charge is -2.23. The van der Waals surface area contributed by atoms with Crippen LogP contribution in [0.25, 0.3) is 5.76 Å². The van der Waals surface area contributed by atoms with Crippen molar-refractivity contribution in [3.63, 3.8) is 0 Å². The molecule has 0 radical (unpaired) electrons. The SMILES string of the molecule is CCOc1ccc(/C(O)=C2/C(=O)C(=O)N(CCc3ccc(F)cc3)C2c2ccc(C)o2)cc1C. The van der Waals surface area contributed by atoms with Crippen LogP contribution in [0, 0.1) is 19.7 Å². The fourth-order valence-electron chi connectivity index (χ4n) is 4.18. The average Bonchev–Trinajstić information content (AvgIpc) is 3.35. The molecule has 176 valence electrons. The number of ketones is 1. The maximum atomic E-state index is 13.3. The predicted octanol–water partition coefficient (Wildman–Crippen LogP) is 5.10. The number of carbonyl (C=O) groups is 2. The molecule has 4 rings (SSSR count). The van der Waals surface area contributed by atoms with Gasteiger partial charge in [-0.2, -0.15) is 0 Å². The Morgan fingerprint density at radius 1 is 1.09 bits per heavy atom. The van der Waals surface area contributed by atoms with Gasteiger partial charge in [-0.3, -0.25) is 9.59 Å². The average molecular weight is 464 g/mol. The summed E-state index contributed by atoms with van der Waals surface area (Å²) in [6, 6.07) is 13.7. The number of hydrogen-bond acceptors (Lipinski definition) is 5. The molecule has 6 nitrogen and oxygen atoms in total. The number of aliphatic hydroxyl groups is 1. The highest BCUT2D eigenvalue weighted by molar-refractivity contribution is 6.46. The molecule has 1 N–H and O–H groups in total. The molecular weight excluding hydrogens is 437 g/mol. The molecule has 1 atom stereocenters. The maximum absolute atomic E-state index is 13.3. The Kier molecular flexibility index (Phi) is 6.54. The molecule has 0 aliphatic carbocycles. The molecule has 0 bridgehead atoms. The van der Waals surface area contributed by atoms with Crippen LogP contribution in [0.15, 0.2) is 64.6 Å². The highest BCUT2D eigenvalue weighted by Gasteiger charge is 2.47. The molecule has 3 aromatic rings. The fourth-order valence-corrected chi connectivity index (χ4v) is 4.18. The second-order valence-corrected chi connectivity index (χ2v) is 8.23. The molecule has 0 spiro atoms. The van der Waals surface area contributed by atoms with Crippen LogP contribution >= 0.6 is 0 Å². The van der Waals surface area contributed by atoms with Crippen LogP contribution < -0.4 is 4.74 Å². The van der Waals surface area contributed by atoms with Gasteiger partial charge in [0.15, 0.2) is 0 Å². The van der Waals surface area contributed by atoms with E-state index in [-0.39, 0.29) is 23.7 Å². The fraction of sp³-hybridized carbons (Fsp3) is 0.259. The first-order valence-electron chi connectivity index (χ1n) is 11.1. The highest BCUT2D eigenvalue weighted by atomic mass is 19.1. The summed E-state index contributed by atoms with van der Waals surface area (Å²) in [5, 5.41) is 11.2. The summed E-state index contributed by atoms with van der Waals surface area (Å²) in [7, 11) is 0. The van der Waals surface area contributed by atoms with E-state index in [1.54, 1.807) is 49.4 Å². The van der Waals surface area contributed by atoms with Crippen molar-refractivity contribution in [3.05, 3.63) is 94.2 Å². The van der Waals surface area contributed by atoms with Crippen molar-refractivity contribution in [1.29, 1.82) is 0 Å². The van der Waals surface area contributed by atoms with E-state index in [0.29, 0.717) is 35.9 Å². The Balaban J connectivity index is 1.74. The molecule has 1 fully saturated rings. The molecule has 1 unspecified atom stereocenters. The van der Waals surface area contributed by atoms with Gasteiger partial charge >= 0.3 is 0 Å². The number of benzene rings is 2. The van der Waals surface area contributed by atoms with E-state index in [2.05, 4.69) is 0 Å². The Morgan fingerprint density at radius 2 is 1.82 bits per heavy atom. The van der Waals surface area contributed by atoms with Gasteiger partial charge in [-0.1, -0.05) is 12.1 Å². The molecular formula is C27H26FNO5. The molecule has 1 aliphatic rings. The zero-order valence-corrected chi connectivity index (χ0v) is 19.3. The monoisotopic (exact) mass is 463 g/mol. The van der Waals surface area contributed by atoms with E-state index in [1.807, 2.05) is 13.8 Å². The number of carbonyl (C=O) groups excluding carboxylic acids is 2. The summed E-state index contributed by atoms with van der Waals surface area (Å²) in [6.07, 6.45) is 0.408. The first-order chi connectivity index (χ1) is 16.3. The summed E-state index contributed by atoms with van der Waals surface area (Å²) in [4.78, 5) is 27.5. The molecule has 0 saturated carbocycles. The van der Waals surface area contributed by atoms with Crippen LogP contribution in [-0.4, -0.2) is 34.8 Å². The van der Waals surface area contributed by atoms with E-state index < -0.39 is 17.7 Å². The van der Waals surface area contributed by atoms with E-state index in [0.717, 1.165) is 11.1 Å². The number of halogens is 1. The summed E-state index contributed by atoms with van der Waals surface area (Å²) < 4.78 is 24.6. The predicted molar refractivity (Wildman–Crippen MR) is 125 cm³/mol. The summed E-state index contributed by atoms with van der Waals surface area (Å²) in [6.45, 7) is 6.19. The number of nitrogens with zero attached hydrogens (tertiary/aromatic N) is 1. The van der Waals surface area contributed by atoms with Gasteiger partial charge < -0.3 is 19.2 Å². The van der Waals surface area contributed by atoms with Crippen LogP contribution in [0.3, 0.4) is 0 Å². The summed E-state index contributed by atoms with van der Waals surface area (Å²) in [5.41, 5.74) is 1.99. The molecule has 1 aromatic heterocycles. The number of hydrogen-bond donors (Lipinski definition) is 1. The van der Waals surface area contributed by atoms with Crippen molar-refractivity contribution in [2.24, 2.45) is 0 Å². The van der Waals surface area contributed by atoms with E-state index in [1.165, 1.54) is 17.0 Å². The number of amides is 1. The first kappa shape index (κ1) is 23.3. The largest absolute Gasteiger partial charge is 0.507 e. The minimum absolute atomic E-state index is 0.0259. The molecule has 1 aliphatic heterocycles. The van der Waals surface area contributed by atoms with Crippen LogP contribution in [-0.2, 0) is 16.0 Å². The third-order valence-corrected chi connectivity index (χ3v) is 5.87. The van der Waals surface area contributed by atoms with Gasteiger partial charge in [-0.15, -0.1) is 0 Å². The van der Waals surface area contributed by atoms with Crippen LogP contribution in [0.4, 0.5) is 4.39 Å². The maximum Gasteiger partial charge on any atom is 0.295 e. The van der Waals surface area contributed by atoms with E-state index >= 15 is 0 Å². The van der Waals surface area contributed by atoms with Crippen LogP contribution in [0.1, 0.15) is 41.2 Å². The molecule has 1 amide bonds. The van der Waals surface area contributed by atoms with E-state index in [9.17, 15) is 19.1 Å². The van der Waals surface area contributed by atoms with Crippen molar-refractivity contribution in [3.8, 4) is 5.75 Å². The minimum Gasteiger partial charge on any atom is -0.507 e. The van der Waals surface area contributed by atoms with Gasteiger partial charge in [0.1, 0.15) is 34.9 Å². The van der Waals surface area contributed by atoms with E-state index in [4.69, 9.17) is 9.15 Å². The van der Waals surface area contributed by atoms with Crippen molar-refractivity contribution in [1.82, 2.24) is 4.90 Å². The quantitative estimate of drug-likeness (QED) is 0.300. The second-order valence-electron chi connectivity index (χ2n) is 8.23. The molecule has 2 heterocycles. The molecule has 1 saturated heterocycles. The van der Waals surface area contributed by atoms with Gasteiger partial charge in [-0.05, 0) is 80.8 Å². The van der Waals surface area contributed by atoms with Gasteiger partial charge in [0.2, 0.25) is 0 Å². The van der Waals surface area contributed by atoms with Gasteiger partial charge in [-0.25, -0.2) is 4.39 Å². The Hall–Kier alpha value is -3.87. The van der Waals surface area contributed by atoms with Crippen molar-refractivity contribution >= 4 is 17.4 Å². The highest BCUT2D eigenvalue weighted by Crippen LogP contribution is 2.40. The van der Waals surface area contributed by atoms with Crippen molar-refractivity contribution in [2.75, 3.05) is 13.2 Å². The summed E-state index contributed by atoms with van der Waals surface area (Å²) >= 11 is 0. The number of ether oxygens (including phenoxy) is 1. The molecule has 7 heteroatoms. The Morgan fingerprint density at radius 3 is 2.44 bits per heavy atom. The lowest BCUT2D eigenvalue weighted by molar-refractivity contribution is -0.140. The van der Waals surface area contributed by atoms with Crippen molar-refractivity contribution < 1.29 is 28.2 Å². The van der Waals surface area contributed by atoms with Gasteiger partial charge in [0.05, 0.1) is 12.2 Å². The third kappa shape index (κ3) is 4.46. The summed E-state index contributed by atoms with van der Waals surface area (Å²) in [5.74, 6) is -0.422. The Labute approximate surface area is 197 Å². The minimum atomic E-state index is -0.874. The van der Waals surface area contributed by atoms with Crippen LogP contribution in [0.5, 0.6) is 5.75 Å².